The van der Waals surface area contributed by atoms with E-state index in [-0.39, 0.29) is 11.4 Å². The van der Waals surface area contributed by atoms with E-state index in [0.29, 0.717) is 17.9 Å². The van der Waals surface area contributed by atoms with Gasteiger partial charge < -0.3 is 9.30 Å². The van der Waals surface area contributed by atoms with Crippen molar-refractivity contribution >= 4 is 0 Å². The van der Waals surface area contributed by atoms with Gasteiger partial charge in [0, 0.05) is 6.54 Å². The van der Waals surface area contributed by atoms with Gasteiger partial charge in [-0.15, -0.1) is 0 Å². The van der Waals surface area contributed by atoms with Crippen molar-refractivity contribution < 1.29 is 4.74 Å². The molecule has 1 aromatic heterocycles. The van der Waals surface area contributed by atoms with Crippen LogP contribution in [0.1, 0.15) is 22.5 Å². The van der Waals surface area contributed by atoms with E-state index < -0.39 is 0 Å². The summed E-state index contributed by atoms with van der Waals surface area (Å²) in [6.07, 6.45) is 1.44. The van der Waals surface area contributed by atoms with Gasteiger partial charge in [-0.3, -0.25) is 0 Å². The first-order chi connectivity index (χ1) is 9.73. The number of benzene rings is 1. The van der Waals surface area contributed by atoms with Gasteiger partial charge in [-0.05, 0) is 17.7 Å². The lowest BCUT2D eigenvalue weighted by Gasteiger charge is -2.07. The summed E-state index contributed by atoms with van der Waals surface area (Å²) < 4.78 is 6.64. The van der Waals surface area contributed by atoms with Gasteiger partial charge in [0.1, 0.15) is 24.0 Å². The SMILES string of the molecule is COc1ccc(Cn2cnc(C#N)c2C#N)cc1C#N. The predicted octanol–water partition coefficient (Wildman–Crippen LogP) is 1.56. The molecule has 2 rings (SSSR count). The van der Waals surface area contributed by atoms with E-state index in [9.17, 15) is 0 Å². The monoisotopic (exact) mass is 263 g/mol. The predicted molar refractivity (Wildman–Crippen MR) is 68.5 cm³/mol. The molecule has 0 N–H and O–H groups in total. The molecule has 6 nitrogen and oxygen atoms in total. The molecule has 0 saturated carbocycles. The minimum atomic E-state index is 0.0986. The number of hydrogen-bond donors (Lipinski definition) is 0. The average Bonchev–Trinajstić information content (AvgIpc) is 2.88. The fourth-order valence-electron chi connectivity index (χ4n) is 1.84. The fourth-order valence-corrected chi connectivity index (χ4v) is 1.84. The highest BCUT2D eigenvalue weighted by Crippen LogP contribution is 2.20. The van der Waals surface area contributed by atoms with E-state index in [2.05, 4.69) is 11.1 Å². The molecule has 0 unspecified atom stereocenters. The van der Waals surface area contributed by atoms with Crippen molar-refractivity contribution in [1.29, 1.82) is 15.8 Å². The van der Waals surface area contributed by atoms with Crippen molar-refractivity contribution in [1.82, 2.24) is 9.55 Å². The molecule has 0 aliphatic heterocycles. The molecule has 0 radical (unpaired) electrons. The first-order valence-electron chi connectivity index (χ1n) is 5.65. The Bertz CT molecular complexity index is 770. The van der Waals surface area contributed by atoms with Crippen LogP contribution in [-0.4, -0.2) is 16.7 Å². The summed E-state index contributed by atoms with van der Waals surface area (Å²) >= 11 is 0. The molecule has 1 aromatic carbocycles. The Balaban J connectivity index is 2.37. The smallest absolute Gasteiger partial charge is 0.176 e. The van der Waals surface area contributed by atoms with Crippen LogP contribution in [0.3, 0.4) is 0 Å². The molecule has 1 heterocycles. The number of aromatic nitrogens is 2. The Labute approximate surface area is 115 Å². The van der Waals surface area contributed by atoms with Gasteiger partial charge in [-0.2, -0.15) is 15.8 Å². The van der Waals surface area contributed by atoms with Gasteiger partial charge in [-0.25, -0.2) is 4.98 Å². The quantitative estimate of drug-likeness (QED) is 0.836. The highest BCUT2D eigenvalue weighted by molar-refractivity contribution is 5.45. The van der Waals surface area contributed by atoms with Crippen molar-refractivity contribution in [2.24, 2.45) is 0 Å². The minimum absolute atomic E-state index is 0.0986. The lowest BCUT2D eigenvalue weighted by atomic mass is 10.1. The zero-order chi connectivity index (χ0) is 14.5. The molecule has 20 heavy (non-hydrogen) atoms. The van der Waals surface area contributed by atoms with Crippen LogP contribution in [0.4, 0.5) is 0 Å². The molecule has 0 aliphatic rings. The summed E-state index contributed by atoms with van der Waals surface area (Å²) in [4.78, 5) is 3.87. The molecule has 0 bridgehead atoms. The lowest BCUT2D eigenvalue weighted by Crippen LogP contribution is -2.02. The highest BCUT2D eigenvalue weighted by atomic mass is 16.5. The number of nitriles is 3. The van der Waals surface area contributed by atoms with Crippen molar-refractivity contribution in [3.05, 3.63) is 47.0 Å². The second-order valence-electron chi connectivity index (χ2n) is 3.94. The highest BCUT2D eigenvalue weighted by Gasteiger charge is 2.11. The summed E-state index contributed by atoms with van der Waals surface area (Å²) in [7, 11) is 1.50. The van der Waals surface area contributed by atoms with Crippen LogP contribution in [0.2, 0.25) is 0 Å². The summed E-state index contributed by atoms with van der Waals surface area (Å²) in [6.45, 7) is 0.357. The van der Waals surface area contributed by atoms with E-state index in [4.69, 9.17) is 20.5 Å². The third kappa shape index (κ3) is 2.29. The molecule has 0 atom stereocenters. The third-order valence-corrected chi connectivity index (χ3v) is 2.79. The molecule has 0 fully saturated rings. The zero-order valence-corrected chi connectivity index (χ0v) is 10.7. The van der Waals surface area contributed by atoms with E-state index in [1.54, 1.807) is 22.8 Å². The van der Waals surface area contributed by atoms with E-state index in [1.807, 2.05) is 12.1 Å². The molecular formula is C14H9N5O. The standard InChI is InChI=1S/C14H9N5O/c1-20-14-3-2-10(4-11(14)5-15)8-19-9-18-12(6-16)13(19)7-17/h2-4,9H,8H2,1H3. The molecule has 0 saturated heterocycles. The Hall–Kier alpha value is -3.30. The maximum absolute atomic E-state index is 9.05. The molecule has 0 spiro atoms. The van der Waals surface area contributed by atoms with Crippen molar-refractivity contribution in [3.8, 4) is 24.0 Å². The fraction of sp³-hybridized carbons (Fsp3) is 0.143. The second kappa shape index (κ2) is 5.56. The van der Waals surface area contributed by atoms with Gasteiger partial charge in [0.2, 0.25) is 0 Å². The topological polar surface area (TPSA) is 98.4 Å². The van der Waals surface area contributed by atoms with Gasteiger partial charge in [0.25, 0.3) is 0 Å². The maximum Gasteiger partial charge on any atom is 0.176 e. The Morgan fingerprint density at radius 1 is 1.20 bits per heavy atom. The van der Waals surface area contributed by atoms with Crippen LogP contribution in [0.5, 0.6) is 5.75 Å². The van der Waals surface area contributed by atoms with Crippen molar-refractivity contribution in [3.63, 3.8) is 0 Å². The Kier molecular flexibility index (Phi) is 3.65. The number of ether oxygens (including phenoxy) is 1. The molecule has 2 aromatic rings. The number of rotatable bonds is 3. The van der Waals surface area contributed by atoms with E-state index in [1.165, 1.54) is 13.4 Å². The van der Waals surface area contributed by atoms with Crippen LogP contribution >= 0.6 is 0 Å². The maximum atomic E-state index is 9.05. The van der Waals surface area contributed by atoms with Gasteiger partial charge in [-0.1, -0.05) is 6.07 Å². The average molecular weight is 263 g/mol. The number of nitrogens with zero attached hydrogens (tertiary/aromatic N) is 5. The van der Waals surface area contributed by atoms with Crippen LogP contribution in [-0.2, 0) is 6.54 Å². The largest absolute Gasteiger partial charge is 0.495 e. The number of methoxy groups -OCH3 is 1. The van der Waals surface area contributed by atoms with E-state index >= 15 is 0 Å². The van der Waals surface area contributed by atoms with Crippen LogP contribution < -0.4 is 4.74 Å². The summed E-state index contributed by atoms with van der Waals surface area (Å²) in [5.41, 5.74) is 1.55. The summed E-state index contributed by atoms with van der Waals surface area (Å²) in [6, 6.07) is 11.1. The lowest BCUT2D eigenvalue weighted by molar-refractivity contribution is 0.413. The Morgan fingerprint density at radius 2 is 2.00 bits per heavy atom. The molecule has 0 aliphatic carbocycles. The van der Waals surface area contributed by atoms with Crippen molar-refractivity contribution in [2.45, 2.75) is 6.54 Å². The molecular weight excluding hydrogens is 254 g/mol. The number of hydrogen-bond acceptors (Lipinski definition) is 5. The van der Waals surface area contributed by atoms with Crippen LogP contribution in [0, 0.1) is 34.0 Å². The summed E-state index contributed by atoms with van der Waals surface area (Å²) in [5.74, 6) is 0.500. The van der Waals surface area contributed by atoms with Gasteiger partial charge >= 0.3 is 0 Å². The van der Waals surface area contributed by atoms with Gasteiger partial charge in [0.15, 0.2) is 11.4 Å². The molecule has 6 heteroatoms. The van der Waals surface area contributed by atoms with Crippen molar-refractivity contribution in [2.75, 3.05) is 7.11 Å². The number of imidazole rings is 1. The first-order valence-corrected chi connectivity index (χ1v) is 5.65. The molecule has 0 amide bonds. The van der Waals surface area contributed by atoms with E-state index in [0.717, 1.165) is 5.56 Å². The Morgan fingerprint density at radius 3 is 2.60 bits per heavy atom. The third-order valence-electron chi connectivity index (χ3n) is 2.79. The zero-order valence-electron chi connectivity index (χ0n) is 10.7. The molecule has 96 valence electrons. The first kappa shape index (κ1) is 13.1. The van der Waals surface area contributed by atoms with Crippen LogP contribution in [0.25, 0.3) is 0 Å². The van der Waals surface area contributed by atoms with Gasteiger partial charge in [0.05, 0.1) is 19.0 Å². The normalized spacial score (nSPS) is 9.30. The second-order valence-corrected chi connectivity index (χ2v) is 3.94. The van der Waals surface area contributed by atoms with Crippen LogP contribution in [0.15, 0.2) is 24.5 Å². The summed E-state index contributed by atoms with van der Waals surface area (Å²) in [5, 5.41) is 26.9. The minimum Gasteiger partial charge on any atom is -0.495 e.